The van der Waals surface area contributed by atoms with E-state index < -0.39 is 5.60 Å². The molecule has 0 saturated heterocycles. The summed E-state index contributed by atoms with van der Waals surface area (Å²) in [6, 6.07) is 6.26. The van der Waals surface area contributed by atoms with Crippen molar-refractivity contribution in [3.05, 3.63) is 35.8 Å². The van der Waals surface area contributed by atoms with Crippen LogP contribution in [-0.4, -0.2) is 5.11 Å². The van der Waals surface area contributed by atoms with Crippen LogP contribution in [0.25, 0.3) is 11.0 Å². The topological polar surface area (TPSA) is 33.4 Å². The Morgan fingerprint density at radius 3 is 2.90 bits per heavy atom. The van der Waals surface area contributed by atoms with E-state index >= 15 is 0 Å². The molecule has 108 valence electrons. The quantitative estimate of drug-likeness (QED) is 0.869. The van der Waals surface area contributed by atoms with Gasteiger partial charge in [-0.3, -0.25) is 0 Å². The molecule has 2 atom stereocenters. The summed E-state index contributed by atoms with van der Waals surface area (Å²) >= 11 is 0. The minimum atomic E-state index is -0.900. The molecule has 2 nitrogen and oxygen atoms in total. The lowest BCUT2D eigenvalue weighted by Gasteiger charge is -2.37. The van der Waals surface area contributed by atoms with Crippen molar-refractivity contribution >= 4 is 11.0 Å². The summed E-state index contributed by atoms with van der Waals surface area (Å²) in [5.41, 5.74) is -0.260. The number of fused-ring (bicyclic) bond motifs is 1. The molecule has 0 amide bonds. The van der Waals surface area contributed by atoms with Gasteiger partial charge < -0.3 is 9.52 Å². The van der Waals surface area contributed by atoms with Gasteiger partial charge in [-0.05, 0) is 61.8 Å². The molecule has 1 aromatic heterocycles. The SMILES string of the molecule is CC(C)C1CCCC(O)(c2cc3cc(F)ccc3o2)C1. The van der Waals surface area contributed by atoms with Gasteiger partial charge in [0.2, 0.25) is 0 Å². The van der Waals surface area contributed by atoms with E-state index in [0.29, 0.717) is 23.2 Å². The molecular formula is C17H21FO2. The van der Waals surface area contributed by atoms with Crippen molar-refractivity contribution in [1.82, 2.24) is 0 Å². The number of aliphatic hydroxyl groups is 1. The molecule has 0 spiro atoms. The summed E-state index contributed by atoms with van der Waals surface area (Å²) in [7, 11) is 0. The van der Waals surface area contributed by atoms with Gasteiger partial charge in [0.15, 0.2) is 0 Å². The first kappa shape index (κ1) is 13.6. The normalized spacial score (nSPS) is 27.4. The Morgan fingerprint density at radius 1 is 1.35 bits per heavy atom. The third-order valence-electron chi connectivity index (χ3n) is 4.64. The smallest absolute Gasteiger partial charge is 0.136 e. The lowest BCUT2D eigenvalue weighted by atomic mass is 9.72. The Bertz CT molecular complexity index is 616. The largest absolute Gasteiger partial charge is 0.458 e. The van der Waals surface area contributed by atoms with Crippen LogP contribution in [-0.2, 0) is 5.60 Å². The fourth-order valence-electron chi connectivity index (χ4n) is 3.33. The lowest BCUT2D eigenvalue weighted by molar-refractivity contribution is -0.0450. The highest BCUT2D eigenvalue weighted by atomic mass is 19.1. The third-order valence-corrected chi connectivity index (χ3v) is 4.64. The first-order valence-electron chi connectivity index (χ1n) is 7.40. The van der Waals surface area contributed by atoms with E-state index in [0.717, 1.165) is 31.1 Å². The molecule has 1 fully saturated rings. The van der Waals surface area contributed by atoms with Crippen LogP contribution in [0.15, 0.2) is 28.7 Å². The molecule has 1 heterocycles. The lowest BCUT2D eigenvalue weighted by Crippen LogP contribution is -2.34. The molecule has 1 saturated carbocycles. The molecule has 3 heteroatoms. The van der Waals surface area contributed by atoms with Gasteiger partial charge in [-0.15, -0.1) is 0 Å². The van der Waals surface area contributed by atoms with E-state index in [-0.39, 0.29) is 5.82 Å². The van der Waals surface area contributed by atoms with Crippen LogP contribution < -0.4 is 0 Å². The average Bonchev–Trinajstić information content (AvgIpc) is 2.82. The summed E-state index contributed by atoms with van der Waals surface area (Å²) in [6.07, 6.45) is 3.62. The Hall–Kier alpha value is -1.35. The van der Waals surface area contributed by atoms with Crippen LogP contribution in [0.2, 0.25) is 0 Å². The number of benzene rings is 1. The molecule has 0 radical (unpaired) electrons. The van der Waals surface area contributed by atoms with Gasteiger partial charge in [0.05, 0.1) is 0 Å². The van der Waals surface area contributed by atoms with Gasteiger partial charge in [0.25, 0.3) is 0 Å². The van der Waals surface area contributed by atoms with Crippen LogP contribution >= 0.6 is 0 Å². The number of hydrogen-bond acceptors (Lipinski definition) is 2. The second-order valence-electron chi connectivity index (χ2n) is 6.42. The molecule has 1 aromatic carbocycles. The summed E-state index contributed by atoms with van der Waals surface area (Å²) in [5.74, 6) is 1.38. The van der Waals surface area contributed by atoms with Crippen molar-refractivity contribution in [1.29, 1.82) is 0 Å². The summed E-state index contributed by atoms with van der Waals surface area (Å²) in [4.78, 5) is 0. The van der Waals surface area contributed by atoms with Crippen molar-refractivity contribution in [3.8, 4) is 0 Å². The third kappa shape index (κ3) is 2.35. The van der Waals surface area contributed by atoms with E-state index in [9.17, 15) is 9.50 Å². The molecule has 3 rings (SSSR count). The van der Waals surface area contributed by atoms with Crippen molar-refractivity contribution in [2.45, 2.75) is 45.1 Å². The van der Waals surface area contributed by atoms with E-state index in [1.165, 1.54) is 12.1 Å². The predicted molar refractivity (Wildman–Crippen MR) is 76.9 cm³/mol. The zero-order valence-corrected chi connectivity index (χ0v) is 12.0. The maximum atomic E-state index is 13.2. The molecule has 2 unspecified atom stereocenters. The van der Waals surface area contributed by atoms with E-state index in [4.69, 9.17) is 4.42 Å². The molecule has 0 aliphatic heterocycles. The Kier molecular flexibility index (Phi) is 3.33. The van der Waals surface area contributed by atoms with Crippen molar-refractivity contribution in [2.75, 3.05) is 0 Å². The number of rotatable bonds is 2. The van der Waals surface area contributed by atoms with E-state index in [2.05, 4.69) is 13.8 Å². The number of furan rings is 1. The summed E-state index contributed by atoms with van der Waals surface area (Å²) < 4.78 is 19.0. The van der Waals surface area contributed by atoms with Gasteiger partial charge in [0, 0.05) is 5.39 Å². The Labute approximate surface area is 118 Å². The Morgan fingerprint density at radius 2 is 2.15 bits per heavy atom. The second-order valence-corrected chi connectivity index (χ2v) is 6.42. The van der Waals surface area contributed by atoms with Crippen LogP contribution in [0.1, 0.15) is 45.3 Å². The van der Waals surface area contributed by atoms with Crippen molar-refractivity contribution in [2.24, 2.45) is 11.8 Å². The van der Waals surface area contributed by atoms with E-state index in [1.54, 1.807) is 12.1 Å². The molecule has 1 N–H and O–H groups in total. The van der Waals surface area contributed by atoms with Gasteiger partial charge >= 0.3 is 0 Å². The second kappa shape index (κ2) is 4.88. The highest BCUT2D eigenvalue weighted by Gasteiger charge is 2.39. The maximum Gasteiger partial charge on any atom is 0.136 e. The predicted octanol–water partition coefficient (Wildman–Crippen LogP) is 4.61. The number of halogens is 1. The zero-order valence-electron chi connectivity index (χ0n) is 12.0. The van der Waals surface area contributed by atoms with Crippen LogP contribution in [0.5, 0.6) is 0 Å². The Balaban J connectivity index is 1.96. The molecule has 20 heavy (non-hydrogen) atoms. The maximum absolute atomic E-state index is 13.2. The highest BCUT2D eigenvalue weighted by molar-refractivity contribution is 5.78. The molecule has 1 aliphatic rings. The minimum Gasteiger partial charge on any atom is -0.458 e. The molecule has 0 bridgehead atoms. The van der Waals surface area contributed by atoms with Crippen molar-refractivity contribution < 1.29 is 13.9 Å². The first-order chi connectivity index (χ1) is 9.48. The van der Waals surface area contributed by atoms with Crippen LogP contribution in [0.3, 0.4) is 0 Å². The fraction of sp³-hybridized carbons (Fsp3) is 0.529. The first-order valence-corrected chi connectivity index (χ1v) is 7.40. The summed E-state index contributed by atoms with van der Waals surface area (Å²) in [5, 5.41) is 11.7. The number of hydrogen-bond donors (Lipinski definition) is 1. The minimum absolute atomic E-state index is 0.277. The molecular weight excluding hydrogens is 255 g/mol. The monoisotopic (exact) mass is 276 g/mol. The van der Waals surface area contributed by atoms with E-state index in [1.807, 2.05) is 0 Å². The van der Waals surface area contributed by atoms with Crippen LogP contribution in [0, 0.1) is 17.7 Å². The van der Waals surface area contributed by atoms with Gasteiger partial charge in [-0.25, -0.2) is 4.39 Å². The van der Waals surface area contributed by atoms with Gasteiger partial charge in [-0.2, -0.15) is 0 Å². The zero-order chi connectivity index (χ0) is 14.3. The fourth-order valence-corrected chi connectivity index (χ4v) is 3.33. The summed E-state index contributed by atoms with van der Waals surface area (Å²) in [6.45, 7) is 4.40. The average molecular weight is 276 g/mol. The standard InChI is InChI=1S/C17H21FO2/c1-11(2)12-4-3-7-17(19,10-12)16-9-13-8-14(18)5-6-15(13)20-16/h5-6,8-9,11-12,19H,3-4,7,10H2,1-2H3. The molecule has 2 aromatic rings. The van der Waals surface area contributed by atoms with Crippen LogP contribution in [0.4, 0.5) is 4.39 Å². The molecule has 1 aliphatic carbocycles. The highest BCUT2D eigenvalue weighted by Crippen LogP contribution is 2.43. The van der Waals surface area contributed by atoms with Gasteiger partial charge in [0.1, 0.15) is 22.8 Å². The van der Waals surface area contributed by atoms with Gasteiger partial charge in [-0.1, -0.05) is 13.8 Å². The van der Waals surface area contributed by atoms with Crippen molar-refractivity contribution in [3.63, 3.8) is 0 Å².